The van der Waals surface area contributed by atoms with E-state index in [9.17, 15) is 9.59 Å². The quantitative estimate of drug-likeness (QED) is 0.652. The van der Waals surface area contributed by atoms with Crippen molar-refractivity contribution in [1.29, 1.82) is 0 Å². The molecule has 154 valence electrons. The highest BCUT2D eigenvalue weighted by atomic mass is 79.9. The molecule has 2 aromatic carbocycles. The molecule has 1 saturated heterocycles. The Morgan fingerprint density at radius 1 is 1.17 bits per heavy atom. The second-order valence-corrected chi connectivity index (χ2v) is 8.12. The Morgan fingerprint density at radius 2 is 1.86 bits per heavy atom. The highest BCUT2D eigenvalue weighted by Gasteiger charge is 2.21. The van der Waals surface area contributed by atoms with Crippen molar-refractivity contribution in [1.82, 2.24) is 5.32 Å². The van der Waals surface area contributed by atoms with Crippen molar-refractivity contribution < 1.29 is 14.3 Å². The molecular formula is C21H23BrClN3O3. The zero-order valence-electron chi connectivity index (χ0n) is 16.1. The Morgan fingerprint density at radius 3 is 2.52 bits per heavy atom. The summed E-state index contributed by atoms with van der Waals surface area (Å²) in [6.07, 6.45) is 0.107. The molecule has 6 nitrogen and oxygen atoms in total. The molecule has 0 saturated carbocycles. The molecule has 2 aromatic rings. The molecule has 0 spiro atoms. The van der Waals surface area contributed by atoms with Crippen molar-refractivity contribution in [2.75, 3.05) is 36.5 Å². The van der Waals surface area contributed by atoms with E-state index in [2.05, 4.69) is 31.5 Å². The molecule has 2 amide bonds. The molecule has 8 heteroatoms. The standard InChI is InChI=1S/C21H23BrClN3O3/c1-14(27)24-19(15-5-7-16(22)8-6-15)13-20(28)25-18-4-2-3-17(23)21(18)26-9-11-29-12-10-26/h2-8,19H,9-13H2,1H3,(H,24,27)(H,25,28). The Kier molecular flexibility index (Phi) is 7.52. The predicted molar refractivity (Wildman–Crippen MR) is 118 cm³/mol. The largest absolute Gasteiger partial charge is 0.378 e. The minimum Gasteiger partial charge on any atom is -0.378 e. The lowest BCUT2D eigenvalue weighted by molar-refractivity contribution is -0.120. The lowest BCUT2D eigenvalue weighted by Crippen LogP contribution is -2.37. The zero-order valence-corrected chi connectivity index (χ0v) is 18.4. The summed E-state index contributed by atoms with van der Waals surface area (Å²) >= 11 is 9.84. The second kappa shape index (κ2) is 10.1. The Hall–Kier alpha value is -2.09. The molecule has 0 aliphatic carbocycles. The number of rotatable bonds is 6. The van der Waals surface area contributed by atoms with Crippen LogP contribution in [-0.4, -0.2) is 38.1 Å². The van der Waals surface area contributed by atoms with Gasteiger partial charge in [-0.05, 0) is 29.8 Å². The van der Waals surface area contributed by atoms with Crippen LogP contribution in [-0.2, 0) is 14.3 Å². The molecule has 2 N–H and O–H groups in total. The summed E-state index contributed by atoms with van der Waals surface area (Å²) in [7, 11) is 0. The Labute approximate surface area is 183 Å². The Balaban J connectivity index is 1.77. The third-order valence-corrected chi connectivity index (χ3v) is 5.46. The van der Waals surface area contributed by atoms with E-state index < -0.39 is 6.04 Å². The number of ether oxygens (including phenoxy) is 1. The summed E-state index contributed by atoms with van der Waals surface area (Å²) in [5.74, 6) is -0.397. The molecule has 0 bridgehead atoms. The van der Waals surface area contributed by atoms with Gasteiger partial charge in [-0.15, -0.1) is 0 Å². The molecule has 1 atom stereocenters. The smallest absolute Gasteiger partial charge is 0.226 e. The van der Waals surface area contributed by atoms with E-state index >= 15 is 0 Å². The van der Waals surface area contributed by atoms with Crippen LogP contribution in [0.3, 0.4) is 0 Å². The fourth-order valence-corrected chi connectivity index (χ4v) is 3.86. The third-order valence-electron chi connectivity index (χ3n) is 4.63. The summed E-state index contributed by atoms with van der Waals surface area (Å²) in [5.41, 5.74) is 2.31. The third kappa shape index (κ3) is 5.95. The SMILES string of the molecule is CC(=O)NC(CC(=O)Nc1cccc(Cl)c1N1CCOCC1)c1ccc(Br)cc1. The fourth-order valence-electron chi connectivity index (χ4n) is 3.30. The van der Waals surface area contributed by atoms with Gasteiger partial charge in [0.1, 0.15) is 0 Å². The maximum Gasteiger partial charge on any atom is 0.226 e. The summed E-state index contributed by atoms with van der Waals surface area (Å²) in [5, 5.41) is 6.40. The number of nitrogens with one attached hydrogen (secondary N) is 2. The highest BCUT2D eigenvalue weighted by Crippen LogP contribution is 2.34. The second-order valence-electron chi connectivity index (χ2n) is 6.79. The van der Waals surface area contributed by atoms with Crippen molar-refractivity contribution >= 4 is 50.7 Å². The topological polar surface area (TPSA) is 70.7 Å². The predicted octanol–water partition coefficient (Wildman–Crippen LogP) is 4.15. The fraction of sp³-hybridized carbons (Fsp3) is 0.333. The van der Waals surface area contributed by atoms with Crippen LogP contribution in [0.15, 0.2) is 46.9 Å². The first-order chi connectivity index (χ1) is 13.9. The van der Waals surface area contributed by atoms with Crippen LogP contribution in [0.1, 0.15) is 24.9 Å². The van der Waals surface area contributed by atoms with Crippen LogP contribution in [0.2, 0.25) is 5.02 Å². The number of halogens is 2. The van der Waals surface area contributed by atoms with Gasteiger partial charge in [0.15, 0.2) is 0 Å². The summed E-state index contributed by atoms with van der Waals surface area (Å²) in [6, 6.07) is 12.6. The van der Waals surface area contributed by atoms with Crippen LogP contribution < -0.4 is 15.5 Å². The van der Waals surface area contributed by atoms with E-state index in [0.717, 1.165) is 15.7 Å². The van der Waals surface area contributed by atoms with Gasteiger partial charge in [0.25, 0.3) is 0 Å². The van der Waals surface area contributed by atoms with Gasteiger partial charge in [-0.3, -0.25) is 9.59 Å². The maximum atomic E-state index is 12.8. The molecule has 1 fully saturated rings. The van der Waals surface area contributed by atoms with Gasteiger partial charge < -0.3 is 20.3 Å². The van der Waals surface area contributed by atoms with E-state index in [1.54, 1.807) is 0 Å². The molecular weight excluding hydrogens is 458 g/mol. The number of benzene rings is 2. The van der Waals surface area contributed by atoms with Gasteiger partial charge in [-0.1, -0.05) is 45.7 Å². The maximum absolute atomic E-state index is 12.8. The molecule has 3 rings (SSSR count). The first-order valence-corrected chi connectivity index (χ1v) is 10.5. The average molecular weight is 481 g/mol. The van der Waals surface area contributed by atoms with E-state index in [0.29, 0.717) is 37.0 Å². The minimum absolute atomic E-state index is 0.107. The number of carbonyl (C=O) groups is 2. The molecule has 0 aromatic heterocycles. The van der Waals surface area contributed by atoms with Gasteiger partial charge in [0.2, 0.25) is 11.8 Å². The summed E-state index contributed by atoms with van der Waals surface area (Å²) in [6.45, 7) is 4.09. The van der Waals surface area contributed by atoms with E-state index in [1.807, 2.05) is 42.5 Å². The van der Waals surface area contributed by atoms with Gasteiger partial charge in [-0.2, -0.15) is 0 Å². The highest BCUT2D eigenvalue weighted by molar-refractivity contribution is 9.10. The van der Waals surface area contributed by atoms with Crippen LogP contribution in [0.25, 0.3) is 0 Å². The van der Waals surface area contributed by atoms with Crippen LogP contribution in [0.4, 0.5) is 11.4 Å². The van der Waals surface area contributed by atoms with Crippen molar-refractivity contribution in [3.05, 3.63) is 57.5 Å². The first kappa shape index (κ1) is 21.6. The number of hydrogen-bond acceptors (Lipinski definition) is 4. The lowest BCUT2D eigenvalue weighted by atomic mass is 10.0. The van der Waals surface area contributed by atoms with Gasteiger partial charge >= 0.3 is 0 Å². The summed E-state index contributed by atoms with van der Waals surface area (Å²) < 4.78 is 6.35. The van der Waals surface area contributed by atoms with Crippen LogP contribution in [0, 0.1) is 0 Å². The number of hydrogen-bond donors (Lipinski definition) is 2. The van der Waals surface area contributed by atoms with E-state index in [-0.39, 0.29) is 18.2 Å². The first-order valence-electron chi connectivity index (χ1n) is 9.37. The molecule has 1 aliphatic heterocycles. The number of anilines is 2. The van der Waals surface area contributed by atoms with Gasteiger partial charge in [-0.25, -0.2) is 0 Å². The van der Waals surface area contributed by atoms with Crippen molar-refractivity contribution in [3.8, 4) is 0 Å². The van der Waals surface area contributed by atoms with Gasteiger partial charge in [0, 0.05) is 24.5 Å². The number of nitrogens with zero attached hydrogens (tertiary/aromatic N) is 1. The zero-order chi connectivity index (χ0) is 20.8. The van der Waals surface area contributed by atoms with E-state index in [4.69, 9.17) is 16.3 Å². The normalized spacial score (nSPS) is 14.9. The lowest BCUT2D eigenvalue weighted by Gasteiger charge is -2.31. The molecule has 29 heavy (non-hydrogen) atoms. The summed E-state index contributed by atoms with van der Waals surface area (Å²) in [4.78, 5) is 26.6. The number of amides is 2. The van der Waals surface area contributed by atoms with Gasteiger partial charge in [0.05, 0.1) is 42.1 Å². The number of carbonyl (C=O) groups excluding carboxylic acids is 2. The Bertz CT molecular complexity index is 870. The van der Waals surface area contributed by atoms with Crippen molar-refractivity contribution in [2.24, 2.45) is 0 Å². The number of morpholine rings is 1. The van der Waals surface area contributed by atoms with E-state index in [1.165, 1.54) is 6.92 Å². The molecule has 1 aliphatic rings. The number of para-hydroxylation sites is 1. The molecule has 1 unspecified atom stereocenters. The molecule has 0 radical (unpaired) electrons. The average Bonchev–Trinajstić information content (AvgIpc) is 2.68. The van der Waals surface area contributed by atoms with Crippen LogP contribution >= 0.6 is 27.5 Å². The van der Waals surface area contributed by atoms with Crippen molar-refractivity contribution in [3.63, 3.8) is 0 Å². The minimum atomic E-state index is -0.424. The van der Waals surface area contributed by atoms with Crippen LogP contribution in [0.5, 0.6) is 0 Å². The monoisotopic (exact) mass is 479 g/mol. The molecule has 1 heterocycles. The van der Waals surface area contributed by atoms with Crippen molar-refractivity contribution in [2.45, 2.75) is 19.4 Å².